The highest BCUT2D eigenvalue weighted by Gasteiger charge is 2.44. The van der Waals surface area contributed by atoms with Crippen LogP contribution in [0.4, 0.5) is 0 Å². The molecule has 0 spiro atoms. The SMILES string of the molecule is CCCCC/C=C\C/C=C\CCCCCCCCCC(=O)OC(COC(=O)CCCCCCC/C=C\CCCCCCC)COC1OC(CO)C(O)C(O)C1O. The Morgan fingerprint density at radius 1 is 0.554 bits per heavy atom. The van der Waals surface area contributed by atoms with Crippen LogP contribution in [-0.2, 0) is 28.5 Å². The third-order valence-corrected chi connectivity index (χ3v) is 10.2. The van der Waals surface area contributed by atoms with Crippen LogP contribution >= 0.6 is 0 Å². The van der Waals surface area contributed by atoms with E-state index in [0.717, 1.165) is 64.2 Å². The van der Waals surface area contributed by atoms with Gasteiger partial charge in [-0.3, -0.25) is 9.59 Å². The molecule has 326 valence electrons. The molecule has 0 aromatic rings. The first-order valence-electron chi connectivity index (χ1n) is 22.6. The average Bonchev–Trinajstić information content (AvgIpc) is 3.19. The highest BCUT2D eigenvalue weighted by Crippen LogP contribution is 2.22. The van der Waals surface area contributed by atoms with Gasteiger partial charge in [-0.15, -0.1) is 0 Å². The predicted octanol–water partition coefficient (Wildman–Crippen LogP) is 9.50. The van der Waals surface area contributed by atoms with Gasteiger partial charge in [-0.25, -0.2) is 0 Å². The molecule has 1 aliphatic rings. The number of carbonyl (C=O) groups excluding carboxylic acids is 2. The summed E-state index contributed by atoms with van der Waals surface area (Å²) in [6.45, 7) is 3.37. The molecule has 0 aliphatic carbocycles. The highest BCUT2D eigenvalue weighted by molar-refractivity contribution is 5.70. The van der Waals surface area contributed by atoms with Crippen LogP contribution in [0.25, 0.3) is 0 Å². The lowest BCUT2D eigenvalue weighted by molar-refractivity contribution is -0.305. The number of carbonyl (C=O) groups is 2. The molecular weight excluding hydrogens is 712 g/mol. The van der Waals surface area contributed by atoms with Gasteiger partial charge in [0.15, 0.2) is 12.4 Å². The fraction of sp³-hybridized carbons (Fsp3) is 0.826. The van der Waals surface area contributed by atoms with Crippen molar-refractivity contribution >= 4 is 11.9 Å². The standard InChI is InChI=1S/C46H82O10/c1-3-5-7-9-11-13-15-17-19-20-21-23-25-27-29-31-33-35-42(49)55-39(38-54-46-45(52)44(51)43(50)40(36-47)56-46)37-53-41(48)34-32-30-28-26-24-22-18-16-14-12-10-8-6-4-2/h11,13,16-19,39-40,43-47,50-52H,3-10,12,14-15,20-38H2,1-2H3/b13-11-,18-16-,19-17-. The Labute approximate surface area is 340 Å². The molecule has 1 saturated heterocycles. The molecule has 0 radical (unpaired) electrons. The first-order chi connectivity index (χ1) is 27.3. The maximum absolute atomic E-state index is 12.8. The van der Waals surface area contributed by atoms with Gasteiger partial charge in [0.2, 0.25) is 0 Å². The normalized spacial score (nSPS) is 20.7. The Morgan fingerprint density at radius 3 is 1.54 bits per heavy atom. The Bertz CT molecular complexity index is 1010. The third kappa shape index (κ3) is 28.3. The van der Waals surface area contributed by atoms with Gasteiger partial charge in [0.25, 0.3) is 0 Å². The van der Waals surface area contributed by atoms with E-state index in [1.54, 1.807) is 0 Å². The van der Waals surface area contributed by atoms with Crippen LogP contribution in [0.3, 0.4) is 0 Å². The Kier molecular flexibility index (Phi) is 34.5. The topological polar surface area (TPSA) is 152 Å². The lowest BCUT2D eigenvalue weighted by Crippen LogP contribution is -2.59. The molecule has 1 aliphatic heterocycles. The van der Waals surface area contributed by atoms with Crippen LogP contribution in [0.2, 0.25) is 0 Å². The van der Waals surface area contributed by atoms with Crippen molar-refractivity contribution in [2.45, 2.75) is 224 Å². The summed E-state index contributed by atoms with van der Waals surface area (Å²) in [5.74, 6) is -0.824. The van der Waals surface area contributed by atoms with Gasteiger partial charge in [-0.1, -0.05) is 140 Å². The number of aliphatic hydroxyl groups is 4. The summed E-state index contributed by atoms with van der Waals surface area (Å²) in [7, 11) is 0. The number of unbranched alkanes of at least 4 members (excludes halogenated alkanes) is 20. The molecule has 0 aromatic heterocycles. The van der Waals surface area contributed by atoms with E-state index in [1.807, 2.05) is 0 Å². The van der Waals surface area contributed by atoms with Gasteiger partial charge in [-0.05, 0) is 70.6 Å². The molecular formula is C46H82O10. The maximum Gasteiger partial charge on any atom is 0.306 e. The number of esters is 2. The van der Waals surface area contributed by atoms with Crippen molar-refractivity contribution in [3.8, 4) is 0 Å². The van der Waals surface area contributed by atoms with Gasteiger partial charge in [0, 0.05) is 12.8 Å². The fourth-order valence-corrected chi connectivity index (χ4v) is 6.62. The minimum atomic E-state index is -1.60. The molecule has 1 heterocycles. The summed E-state index contributed by atoms with van der Waals surface area (Å²) >= 11 is 0. The minimum absolute atomic E-state index is 0.219. The Morgan fingerprint density at radius 2 is 1.00 bits per heavy atom. The van der Waals surface area contributed by atoms with Crippen LogP contribution in [-0.4, -0.2) is 89.0 Å². The van der Waals surface area contributed by atoms with Crippen molar-refractivity contribution < 1.29 is 49.0 Å². The zero-order valence-electron chi connectivity index (χ0n) is 35.4. The molecule has 56 heavy (non-hydrogen) atoms. The van der Waals surface area contributed by atoms with Gasteiger partial charge < -0.3 is 39.4 Å². The summed E-state index contributed by atoms with van der Waals surface area (Å²) < 4.78 is 22.1. The molecule has 0 aromatic carbocycles. The lowest BCUT2D eigenvalue weighted by atomic mass is 9.99. The summed E-state index contributed by atoms with van der Waals surface area (Å²) in [6, 6.07) is 0. The number of allylic oxidation sites excluding steroid dienone is 6. The van der Waals surface area contributed by atoms with E-state index in [4.69, 9.17) is 18.9 Å². The molecule has 10 heteroatoms. The van der Waals surface area contributed by atoms with Crippen LogP contribution in [0, 0.1) is 0 Å². The van der Waals surface area contributed by atoms with Crippen LogP contribution in [0.15, 0.2) is 36.5 Å². The number of rotatable bonds is 37. The summed E-state index contributed by atoms with van der Waals surface area (Å²) in [5.41, 5.74) is 0. The molecule has 0 saturated carbocycles. The largest absolute Gasteiger partial charge is 0.462 e. The molecule has 1 rings (SSSR count). The van der Waals surface area contributed by atoms with Crippen molar-refractivity contribution in [1.82, 2.24) is 0 Å². The van der Waals surface area contributed by atoms with Crippen LogP contribution in [0.1, 0.15) is 187 Å². The van der Waals surface area contributed by atoms with Crippen molar-refractivity contribution in [2.75, 3.05) is 19.8 Å². The first-order valence-corrected chi connectivity index (χ1v) is 22.6. The number of ether oxygens (including phenoxy) is 4. The predicted molar refractivity (Wildman–Crippen MR) is 224 cm³/mol. The van der Waals surface area contributed by atoms with E-state index in [2.05, 4.69) is 50.3 Å². The second-order valence-electron chi connectivity index (χ2n) is 15.5. The quantitative estimate of drug-likeness (QED) is 0.0272. The number of aliphatic hydroxyl groups excluding tert-OH is 4. The summed E-state index contributed by atoms with van der Waals surface area (Å²) in [5, 5.41) is 40.1. The molecule has 6 unspecified atom stereocenters. The first kappa shape index (κ1) is 51.9. The number of hydrogen-bond donors (Lipinski definition) is 4. The fourth-order valence-electron chi connectivity index (χ4n) is 6.62. The zero-order valence-corrected chi connectivity index (χ0v) is 35.4. The van der Waals surface area contributed by atoms with E-state index in [9.17, 15) is 30.0 Å². The van der Waals surface area contributed by atoms with Gasteiger partial charge in [-0.2, -0.15) is 0 Å². The van der Waals surface area contributed by atoms with E-state index < -0.39 is 49.4 Å². The van der Waals surface area contributed by atoms with Crippen molar-refractivity contribution in [1.29, 1.82) is 0 Å². The highest BCUT2D eigenvalue weighted by atomic mass is 16.7. The van der Waals surface area contributed by atoms with Crippen molar-refractivity contribution in [3.63, 3.8) is 0 Å². The monoisotopic (exact) mass is 795 g/mol. The number of hydrogen-bond acceptors (Lipinski definition) is 10. The summed E-state index contributed by atoms with van der Waals surface area (Å²) in [6.07, 6.45) is 34.3. The van der Waals surface area contributed by atoms with E-state index in [1.165, 1.54) is 83.5 Å². The minimum Gasteiger partial charge on any atom is -0.462 e. The van der Waals surface area contributed by atoms with Gasteiger partial charge >= 0.3 is 11.9 Å². The van der Waals surface area contributed by atoms with Crippen LogP contribution < -0.4 is 0 Å². The summed E-state index contributed by atoms with van der Waals surface area (Å²) in [4.78, 5) is 25.3. The van der Waals surface area contributed by atoms with Gasteiger partial charge in [0.1, 0.15) is 31.0 Å². The molecule has 0 amide bonds. The Balaban J connectivity index is 2.34. The van der Waals surface area contributed by atoms with E-state index in [0.29, 0.717) is 12.8 Å². The van der Waals surface area contributed by atoms with E-state index in [-0.39, 0.29) is 32.0 Å². The average molecular weight is 795 g/mol. The zero-order chi connectivity index (χ0) is 40.9. The molecule has 10 nitrogen and oxygen atoms in total. The second-order valence-corrected chi connectivity index (χ2v) is 15.5. The smallest absolute Gasteiger partial charge is 0.306 e. The van der Waals surface area contributed by atoms with Crippen molar-refractivity contribution in [2.24, 2.45) is 0 Å². The molecule has 6 atom stereocenters. The Hall–Kier alpha value is -2.08. The second kappa shape index (κ2) is 37.2. The molecule has 1 fully saturated rings. The molecule has 0 bridgehead atoms. The maximum atomic E-state index is 12.8. The lowest BCUT2D eigenvalue weighted by Gasteiger charge is -2.39. The third-order valence-electron chi connectivity index (χ3n) is 10.2. The van der Waals surface area contributed by atoms with E-state index >= 15 is 0 Å². The van der Waals surface area contributed by atoms with Crippen LogP contribution in [0.5, 0.6) is 0 Å². The van der Waals surface area contributed by atoms with Gasteiger partial charge in [0.05, 0.1) is 13.2 Å². The van der Waals surface area contributed by atoms with Crippen molar-refractivity contribution in [3.05, 3.63) is 36.5 Å². The molecule has 4 N–H and O–H groups in total.